The molecule has 0 amide bonds. The molecule has 2 aromatic carbocycles. The van der Waals surface area contributed by atoms with Gasteiger partial charge in [-0.15, -0.1) is 0 Å². The number of anilines is 1. The second-order valence-electron chi connectivity index (χ2n) is 10.9. The number of carbonyl (C=O) groups is 1. The minimum atomic E-state index is -2.86. The summed E-state index contributed by atoms with van der Waals surface area (Å²) in [6.45, 7) is 4.42. The quantitative estimate of drug-likeness (QED) is 0.213. The molecule has 0 unspecified atom stereocenters. The van der Waals surface area contributed by atoms with Crippen molar-refractivity contribution in [1.82, 2.24) is 19.9 Å². The number of hydrogen-bond donors (Lipinski definition) is 2. The van der Waals surface area contributed by atoms with E-state index in [9.17, 15) is 13.9 Å². The molecule has 2 atom stereocenters. The highest BCUT2D eigenvalue weighted by Gasteiger charge is 2.37. The summed E-state index contributed by atoms with van der Waals surface area (Å²) >= 11 is 6.20. The molecule has 4 heterocycles. The number of hydrogen-bond acceptors (Lipinski definition) is 8. The summed E-state index contributed by atoms with van der Waals surface area (Å²) in [6.07, 6.45) is 4.61. The number of aromatic nitrogens is 4. The minimum absolute atomic E-state index is 0.203. The van der Waals surface area contributed by atoms with Crippen molar-refractivity contribution in [1.29, 1.82) is 0 Å². The molecule has 1 saturated carbocycles. The van der Waals surface area contributed by atoms with Gasteiger partial charge in [0.2, 0.25) is 0 Å². The summed E-state index contributed by atoms with van der Waals surface area (Å²) in [5, 5.41) is 11.2. The second-order valence-corrected chi connectivity index (χ2v) is 11.3. The number of carbonyl (C=O) groups excluding carboxylic acids is 1. The Labute approximate surface area is 252 Å². The number of H-pyrrole nitrogens is 1. The van der Waals surface area contributed by atoms with Crippen molar-refractivity contribution in [3.05, 3.63) is 53.3 Å². The first-order valence-corrected chi connectivity index (χ1v) is 14.7. The second kappa shape index (κ2) is 13.6. The summed E-state index contributed by atoms with van der Waals surface area (Å²) in [4.78, 5) is 25.4. The van der Waals surface area contributed by atoms with Crippen molar-refractivity contribution in [2.24, 2.45) is 5.92 Å². The van der Waals surface area contributed by atoms with Crippen LogP contribution in [0.15, 0.2) is 46.9 Å². The lowest BCUT2D eigenvalue weighted by Crippen LogP contribution is -2.33. The number of ether oxygens (including phenoxy) is 1. The lowest BCUT2D eigenvalue weighted by molar-refractivity contribution is -0.0980. The maximum Gasteiger partial charge on any atom is 0.297 e. The van der Waals surface area contributed by atoms with Crippen LogP contribution in [0.5, 0.6) is 6.01 Å². The van der Waals surface area contributed by atoms with E-state index in [1.807, 2.05) is 12.9 Å². The highest BCUT2D eigenvalue weighted by molar-refractivity contribution is 6.34. The van der Waals surface area contributed by atoms with E-state index in [1.54, 1.807) is 41.3 Å². The van der Waals surface area contributed by atoms with Crippen molar-refractivity contribution in [2.45, 2.75) is 64.0 Å². The number of aliphatic hydroxyl groups excluding tert-OH is 1. The van der Waals surface area contributed by atoms with Gasteiger partial charge in [-0.3, -0.25) is 0 Å². The van der Waals surface area contributed by atoms with E-state index in [2.05, 4.69) is 26.9 Å². The molecular weight excluding hydrogens is 580 g/mol. The van der Waals surface area contributed by atoms with E-state index in [4.69, 9.17) is 25.5 Å². The van der Waals surface area contributed by atoms with Gasteiger partial charge in [0.25, 0.3) is 12.4 Å². The summed E-state index contributed by atoms with van der Waals surface area (Å²) in [5.41, 5.74) is 2.45. The van der Waals surface area contributed by atoms with Gasteiger partial charge >= 0.3 is 0 Å². The third kappa shape index (κ3) is 6.57. The fraction of sp³-hybridized carbons (Fsp3) is 0.419. The van der Waals surface area contributed by atoms with Crippen molar-refractivity contribution < 1.29 is 27.8 Å². The molecule has 1 aliphatic carbocycles. The van der Waals surface area contributed by atoms with E-state index in [-0.39, 0.29) is 31.1 Å². The van der Waals surface area contributed by atoms with Crippen molar-refractivity contribution in [2.75, 3.05) is 18.1 Å². The predicted octanol–water partition coefficient (Wildman–Crippen LogP) is 7.26. The third-order valence-electron chi connectivity index (χ3n) is 7.89. The SMILES string of the molecule is C=O.CC1CCCCC1.OC[C@@H]1C[C@H](Oc2nc3c(Cl)cccc3[nH]2)CN1c1nc(C(F)F)nc2c1oc1ccccc12. The Bertz CT molecular complexity index is 1670. The Morgan fingerprint density at radius 1 is 1.09 bits per heavy atom. The smallest absolute Gasteiger partial charge is 0.297 e. The third-order valence-corrected chi connectivity index (χ3v) is 8.19. The van der Waals surface area contributed by atoms with Gasteiger partial charge in [-0.1, -0.05) is 68.8 Å². The number of nitrogens with zero attached hydrogens (tertiary/aromatic N) is 4. The zero-order valence-corrected chi connectivity index (χ0v) is 24.6. The van der Waals surface area contributed by atoms with E-state index in [1.165, 1.54) is 32.1 Å². The van der Waals surface area contributed by atoms with Gasteiger partial charge in [0, 0.05) is 11.8 Å². The number of benzene rings is 2. The van der Waals surface area contributed by atoms with Crippen molar-refractivity contribution in [3.8, 4) is 6.01 Å². The number of fused-ring (bicyclic) bond motifs is 4. The molecule has 1 aliphatic heterocycles. The highest BCUT2D eigenvalue weighted by Crippen LogP contribution is 2.37. The topological polar surface area (TPSA) is 117 Å². The number of furan rings is 1. The summed E-state index contributed by atoms with van der Waals surface area (Å²) in [5.74, 6) is 0.644. The highest BCUT2D eigenvalue weighted by atomic mass is 35.5. The zero-order chi connectivity index (χ0) is 30.5. The molecule has 2 aliphatic rings. The van der Waals surface area contributed by atoms with Crippen LogP contribution in [-0.2, 0) is 4.79 Å². The molecule has 3 aromatic heterocycles. The maximum absolute atomic E-state index is 13.7. The van der Waals surface area contributed by atoms with Gasteiger partial charge in [-0.2, -0.15) is 4.98 Å². The lowest BCUT2D eigenvalue weighted by atomic mass is 9.91. The summed E-state index contributed by atoms with van der Waals surface area (Å²) in [7, 11) is 0. The van der Waals surface area contributed by atoms with Crippen LogP contribution >= 0.6 is 11.6 Å². The molecular formula is C31H34ClF2N5O4. The Morgan fingerprint density at radius 2 is 1.86 bits per heavy atom. The van der Waals surface area contributed by atoms with Crippen molar-refractivity contribution in [3.63, 3.8) is 0 Å². The lowest BCUT2D eigenvalue weighted by Gasteiger charge is -2.23. The number of alkyl halides is 2. The van der Waals surface area contributed by atoms with Crippen molar-refractivity contribution >= 4 is 57.3 Å². The van der Waals surface area contributed by atoms with Crippen LogP contribution in [0.25, 0.3) is 33.1 Å². The first-order chi connectivity index (χ1) is 20.9. The molecule has 7 rings (SSSR count). The summed E-state index contributed by atoms with van der Waals surface area (Å²) in [6, 6.07) is 12.3. The van der Waals surface area contributed by atoms with Crippen LogP contribution in [0.2, 0.25) is 5.02 Å². The fourth-order valence-electron chi connectivity index (χ4n) is 5.77. The predicted molar refractivity (Wildman–Crippen MR) is 162 cm³/mol. The molecule has 9 nitrogen and oxygen atoms in total. The number of para-hydroxylation sites is 2. The van der Waals surface area contributed by atoms with Crippen LogP contribution in [0, 0.1) is 5.92 Å². The van der Waals surface area contributed by atoms with Crippen LogP contribution in [0.3, 0.4) is 0 Å². The standard InChI is InChI=1S/C23H18ClF2N5O3.C7H14.CH2O/c24-14-5-3-6-15-18(14)29-23(27-15)33-12-8-11(10-32)31(9-12)22-19-17(28-21(30-22)20(25)26)13-4-1-2-7-16(13)34-19;1-7-5-3-2-4-6-7;1-2/h1-7,11-12,20,32H,8-10H2,(H,27,29);7H,2-6H2,1H3;1H2/t11-,12-;;/m0../s1. The molecule has 5 aromatic rings. The number of aliphatic hydroxyl groups is 1. The van der Waals surface area contributed by atoms with E-state index in [0.29, 0.717) is 39.0 Å². The van der Waals surface area contributed by atoms with Crippen LogP contribution in [0.4, 0.5) is 14.6 Å². The number of nitrogens with one attached hydrogen (secondary N) is 1. The van der Waals surface area contributed by atoms with Crippen LogP contribution in [-0.4, -0.2) is 57.1 Å². The Kier molecular flexibility index (Phi) is 9.72. The Balaban J connectivity index is 0.000000357. The molecule has 43 heavy (non-hydrogen) atoms. The molecule has 228 valence electrons. The summed E-state index contributed by atoms with van der Waals surface area (Å²) < 4.78 is 39.4. The molecule has 2 N–H and O–H groups in total. The van der Waals surface area contributed by atoms with Gasteiger partial charge in [0.15, 0.2) is 17.2 Å². The van der Waals surface area contributed by atoms with E-state index in [0.717, 1.165) is 11.4 Å². The van der Waals surface area contributed by atoms with Gasteiger partial charge in [-0.05, 0) is 30.2 Å². The fourth-order valence-corrected chi connectivity index (χ4v) is 5.99. The van der Waals surface area contributed by atoms with Crippen LogP contribution < -0.4 is 9.64 Å². The minimum Gasteiger partial charge on any atom is -0.460 e. The number of imidazole rings is 1. The molecule has 0 bridgehead atoms. The zero-order valence-electron chi connectivity index (χ0n) is 23.8. The normalized spacial score (nSPS) is 19.0. The largest absolute Gasteiger partial charge is 0.460 e. The van der Waals surface area contributed by atoms with Gasteiger partial charge in [0.1, 0.15) is 29.5 Å². The molecule has 0 spiro atoms. The first-order valence-electron chi connectivity index (χ1n) is 14.4. The molecule has 0 radical (unpaired) electrons. The first kappa shape index (κ1) is 30.6. The molecule has 12 heteroatoms. The maximum atomic E-state index is 13.7. The average Bonchev–Trinajstić information content (AvgIpc) is 3.74. The Hall–Kier alpha value is -3.83. The van der Waals surface area contributed by atoms with E-state index < -0.39 is 18.3 Å². The van der Waals surface area contributed by atoms with E-state index >= 15 is 0 Å². The van der Waals surface area contributed by atoms with Gasteiger partial charge in [-0.25, -0.2) is 18.7 Å². The number of halogens is 3. The average molecular weight is 614 g/mol. The molecule has 1 saturated heterocycles. The van der Waals surface area contributed by atoms with Gasteiger partial charge < -0.3 is 28.9 Å². The Morgan fingerprint density at radius 3 is 2.53 bits per heavy atom. The number of rotatable bonds is 5. The number of aromatic amines is 1. The van der Waals surface area contributed by atoms with Crippen LogP contribution in [0.1, 0.15) is 57.7 Å². The molecule has 2 fully saturated rings. The monoisotopic (exact) mass is 613 g/mol. The van der Waals surface area contributed by atoms with Gasteiger partial charge in [0.05, 0.1) is 29.7 Å².